The summed E-state index contributed by atoms with van der Waals surface area (Å²) in [5, 5.41) is 19.3. The molecule has 0 radical (unpaired) electrons. The maximum absolute atomic E-state index is 9.70. The summed E-state index contributed by atoms with van der Waals surface area (Å²) in [6, 6.07) is 7.69. The Morgan fingerprint density at radius 2 is 1.11 bits per heavy atom. The topological polar surface area (TPSA) is 84.5 Å². The van der Waals surface area contributed by atoms with Gasteiger partial charge in [0.15, 0.2) is 0 Å². The average Bonchev–Trinajstić information content (AvgIpc) is 2.93. The standard InChI is InChI=1S/C20H26B2N2O4/c1-17(2)18(3,4)26-21(25-17)14-9-13(11-23)15(12-24)16(10-14)22-27-19(5,6)20(7,8)28-22/h9-10H,1-8H3. The Balaban J connectivity index is 2.09. The first kappa shape index (κ1) is 20.9. The highest BCUT2D eigenvalue weighted by Gasteiger charge is 2.54. The lowest BCUT2D eigenvalue weighted by Gasteiger charge is -2.32. The Hall–Kier alpha value is -1.83. The first-order chi connectivity index (χ1) is 12.7. The Labute approximate surface area is 168 Å². The zero-order chi connectivity index (χ0) is 21.1. The number of hydrogen-bond acceptors (Lipinski definition) is 6. The number of hydrogen-bond donors (Lipinski definition) is 0. The predicted octanol–water partition coefficient (Wildman–Crippen LogP) is 2.03. The first-order valence-electron chi connectivity index (χ1n) is 9.44. The van der Waals surface area contributed by atoms with Crippen LogP contribution in [-0.4, -0.2) is 36.6 Å². The number of nitrogens with zero attached hydrogens (tertiary/aromatic N) is 2. The summed E-state index contributed by atoms with van der Waals surface area (Å²) in [5.41, 5.74) is -0.453. The van der Waals surface area contributed by atoms with Gasteiger partial charge in [-0.05, 0) is 66.9 Å². The summed E-state index contributed by atoms with van der Waals surface area (Å²) in [7, 11) is -1.40. The van der Waals surface area contributed by atoms with Gasteiger partial charge in [0.25, 0.3) is 0 Å². The number of benzene rings is 1. The van der Waals surface area contributed by atoms with Crippen molar-refractivity contribution >= 4 is 25.2 Å². The first-order valence-corrected chi connectivity index (χ1v) is 9.44. The van der Waals surface area contributed by atoms with Gasteiger partial charge in [0.1, 0.15) is 12.1 Å². The molecular formula is C20H26B2N2O4. The molecule has 1 aromatic carbocycles. The molecule has 2 aliphatic rings. The molecular weight excluding hydrogens is 354 g/mol. The zero-order valence-corrected chi connectivity index (χ0v) is 17.8. The molecule has 3 rings (SSSR count). The van der Waals surface area contributed by atoms with Crippen LogP contribution in [0.3, 0.4) is 0 Å². The van der Waals surface area contributed by atoms with Crippen LogP contribution in [0.15, 0.2) is 12.1 Å². The van der Waals surface area contributed by atoms with Crippen molar-refractivity contribution in [2.45, 2.75) is 77.8 Å². The molecule has 0 atom stereocenters. The van der Waals surface area contributed by atoms with Gasteiger partial charge in [-0.25, -0.2) is 0 Å². The molecule has 2 heterocycles. The largest absolute Gasteiger partial charge is 0.496 e. The van der Waals surface area contributed by atoms with Crippen LogP contribution in [0.25, 0.3) is 0 Å². The fourth-order valence-electron chi connectivity index (χ4n) is 3.17. The molecule has 0 unspecified atom stereocenters. The highest BCUT2D eigenvalue weighted by molar-refractivity contribution is 6.66. The molecule has 2 saturated heterocycles. The molecule has 0 saturated carbocycles. The fourth-order valence-corrected chi connectivity index (χ4v) is 3.17. The lowest BCUT2D eigenvalue weighted by Crippen LogP contribution is -2.43. The van der Waals surface area contributed by atoms with Gasteiger partial charge in [0.05, 0.1) is 33.5 Å². The summed E-state index contributed by atoms with van der Waals surface area (Å²) in [6.07, 6.45) is 0. The van der Waals surface area contributed by atoms with Crippen LogP contribution in [0.4, 0.5) is 0 Å². The van der Waals surface area contributed by atoms with Crippen molar-refractivity contribution in [2.75, 3.05) is 0 Å². The monoisotopic (exact) mass is 380 g/mol. The normalized spacial score (nSPS) is 24.1. The van der Waals surface area contributed by atoms with Crippen molar-refractivity contribution in [1.82, 2.24) is 0 Å². The lowest BCUT2D eigenvalue weighted by molar-refractivity contribution is 0.00578. The van der Waals surface area contributed by atoms with Crippen LogP contribution in [0.2, 0.25) is 0 Å². The van der Waals surface area contributed by atoms with E-state index in [1.54, 1.807) is 12.1 Å². The molecule has 0 N–H and O–H groups in total. The van der Waals surface area contributed by atoms with Gasteiger partial charge >= 0.3 is 14.2 Å². The minimum atomic E-state index is -0.755. The molecule has 0 aliphatic carbocycles. The molecule has 0 bridgehead atoms. The van der Waals surface area contributed by atoms with E-state index < -0.39 is 36.6 Å². The molecule has 0 aromatic heterocycles. The molecule has 1 aromatic rings. The Morgan fingerprint density at radius 1 is 0.679 bits per heavy atom. The second-order valence-electron chi connectivity index (χ2n) is 9.43. The summed E-state index contributed by atoms with van der Waals surface area (Å²) >= 11 is 0. The van der Waals surface area contributed by atoms with Crippen LogP contribution in [-0.2, 0) is 18.6 Å². The third-order valence-corrected chi connectivity index (χ3v) is 6.46. The van der Waals surface area contributed by atoms with E-state index in [1.165, 1.54) is 0 Å². The molecule has 2 fully saturated rings. The van der Waals surface area contributed by atoms with E-state index in [1.807, 2.05) is 55.4 Å². The van der Waals surface area contributed by atoms with Crippen LogP contribution in [0.1, 0.15) is 66.5 Å². The fraction of sp³-hybridized carbons (Fsp3) is 0.600. The predicted molar refractivity (Wildman–Crippen MR) is 107 cm³/mol. The van der Waals surface area contributed by atoms with E-state index in [0.29, 0.717) is 10.9 Å². The van der Waals surface area contributed by atoms with Gasteiger partial charge in [-0.2, -0.15) is 10.5 Å². The van der Waals surface area contributed by atoms with E-state index >= 15 is 0 Å². The van der Waals surface area contributed by atoms with Crippen molar-refractivity contribution in [1.29, 1.82) is 10.5 Å². The highest BCUT2D eigenvalue weighted by Crippen LogP contribution is 2.38. The average molecular weight is 380 g/mol. The molecule has 8 heteroatoms. The smallest absolute Gasteiger partial charge is 0.399 e. The van der Waals surface area contributed by atoms with Crippen molar-refractivity contribution < 1.29 is 18.6 Å². The van der Waals surface area contributed by atoms with Gasteiger partial charge in [-0.15, -0.1) is 0 Å². The van der Waals surface area contributed by atoms with Crippen LogP contribution in [0.5, 0.6) is 0 Å². The van der Waals surface area contributed by atoms with E-state index in [0.717, 1.165) is 0 Å². The van der Waals surface area contributed by atoms with Gasteiger partial charge in [-0.1, -0.05) is 6.07 Å². The summed E-state index contributed by atoms with van der Waals surface area (Å²) in [5.74, 6) is 0. The molecule has 0 spiro atoms. The van der Waals surface area contributed by atoms with Crippen molar-refractivity contribution in [3.05, 3.63) is 23.3 Å². The second kappa shape index (κ2) is 6.34. The second-order valence-corrected chi connectivity index (χ2v) is 9.43. The van der Waals surface area contributed by atoms with Crippen molar-refractivity contribution in [3.8, 4) is 12.1 Å². The highest BCUT2D eigenvalue weighted by atomic mass is 16.7. The SMILES string of the molecule is CC1(C)OB(c2cc(C#N)c(C#N)c(B3OC(C)(C)C(C)(C)O3)c2)OC1(C)C. The van der Waals surface area contributed by atoms with E-state index in [2.05, 4.69) is 12.1 Å². The van der Waals surface area contributed by atoms with E-state index in [-0.39, 0.29) is 11.1 Å². The summed E-state index contributed by atoms with van der Waals surface area (Å²) in [4.78, 5) is 0. The van der Waals surface area contributed by atoms with Crippen LogP contribution < -0.4 is 10.9 Å². The molecule has 28 heavy (non-hydrogen) atoms. The maximum atomic E-state index is 9.70. The van der Waals surface area contributed by atoms with E-state index in [4.69, 9.17) is 18.6 Å². The lowest BCUT2D eigenvalue weighted by atomic mass is 9.68. The van der Waals surface area contributed by atoms with Crippen molar-refractivity contribution in [3.63, 3.8) is 0 Å². The molecule has 0 amide bonds. The summed E-state index contributed by atoms with van der Waals surface area (Å²) in [6.45, 7) is 15.7. The molecule has 146 valence electrons. The summed E-state index contributed by atoms with van der Waals surface area (Å²) < 4.78 is 24.5. The zero-order valence-electron chi connectivity index (χ0n) is 17.8. The third kappa shape index (κ3) is 3.15. The van der Waals surface area contributed by atoms with Crippen LogP contribution >= 0.6 is 0 Å². The minimum absolute atomic E-state index is 0.249. The molecule has 6 nitrogen and oxygen atoms in total. The minimum Gasteiger partial charge on any atom is -0.399 e. The van der Waals surface area contributed by atoms with E-state index in [9.17, 15) is 10.5 Å². The Bertz CT molecular complexity index is 865. The Morgan fingerprint density at radius 3 is 1.50 bits per heavy atom. The molecule has 2 aliphatic heterocycles. The third-order valence-electron chi connectivity index (χ3n) is 6.46. The van der Waals surface area contributed by atoms with Gasteiger partial charge in [0.2, 0.25) is 0 Å². The maximum Gasteiger partial charge on any atom is 0.496 e. The van der Waals surface area contributed by atoms with Gasteiger partial charge in [0, 0.05) is 5.46 Å². The van der Waals surface area contributed by atoms with Gasteiger partial charge < -0.3 is 18.6 Å². The van der Waals surface area contributed by atoms with Crippen LogP contribution in [0, 0.1) is 22.7 Å². The number of rotatable bonds is 2. The van der Waals surface area contributed by atoms with Gasteiger partial charge in [-0.3, -0.25) is 0 Å². The Kier molecular flexibility index (Phi) is 4.73. The van der Waals surface area contributed by atoms with Crippen molar-refractivity contribution in [2.24, 2.45) is 0 Å². The number of nitriles is 2. The quantitative estimate of drug-likeness (QED) is 0.731.